The Bertz CT molecular complexity index is 522. The molecule has 0 bridgehead atoms. The van der Waals surface area contributed by atoms with Crippen LogP contribution in [-0.2, 0) is 0 Å². The number of nitrogens with one attached hydrogen (secondary N) is 1. The monoisotopic (exact) mass is 247 g/mol. The van der Waals surface area contributed by atoms with Crippen molar-refractivity contribution in [2.75, 3.05) is 5.32 Å². The molecule has 0 aliphatic heterocycles. The molecule has 0 atom stereocenters. The average molecular weight is 248 g/mol. The molecule has 2 rings (SSSR count). The van der Waals surface area contributed by atoms with E-state index in [-0.39, 0.29) is 5.91 Å². The summed E-state index contributed by atoms with van der Waals surface area (Å²) in [7, 11) is 0. The summed E-state index contributed by atoms with van der Waals surface area (Å²) in [4.78, 5) is 19.8. The van der Waals surface area contributed by atoms with Gasteiger partial charge in [0.2, 0.25) is 0 Å². The lowest BCUT2D eigenvalue weighted by Gasteiger charge is -2.04. The molecule has 2 aromatic rings. The zero-order valence-corrected chi connectivity index (χ0v) is 9.90. The molecule has 0 spiro atoms. The predicted octanol–water partition coefficient (Wildman–Crippen LogP) is 2.69. The number of hydrogen-bond acceptors (Lipinski definition) is 3. The highest BCUT2D eigenvalue weighted by Gasteiger charge is 2.06. The molecule has 0 aliphatic carbocycles. The maximum Gasteiger partial charge on any atom is 0.258 e. The quantitative estimate of drug-likeness (QED) is 0.888. The maximum atomic E-state index is 11.8. The highest BCUT2D eigenvalue weighted by atomic mass is 35.5. The number of carbonyl (C=O) groups excluding carboxylic acids is 1. The van der Waals surface area contributed by atoms with Gasteiger partial charge in [0, 0.05) is 18.1 Å². The topological polar surface area (TPSA) is 54.9 Å². The summed E-state index contributed by atoms with van der Waals surface area (Å²) in [5.41, 5.74) is 1.36. The maximum absolute atomic E-state index is 11.8. The van der Waals surface area contributed by atoms with Gasteiger partial charge >= 0.3 is 0 Å². The number of hydrogen-bond donors (Lipinski definition) is 1. The third kappa shape index (κ3) is 3.01. The number of anilines is 1. The Balaban J connectivity index is 2.11. The van der Waals surface area contributed by atoms with E-state index in [1.807, 2.05) is 6.92 Å². The van der Waals surface area contributed by atoms with Gasteiger partial charge in [0.15, 0.2) is 0 Å². The van der Waals surface area contributed by atoms with E-state index in [4.69, 9.17) is 11.6 Å². The Labute approximate surface area is 104 Å². The summed E-state index contributed by atoms with van der Waals surface area (Å²) in [5.74, 6) is 0.215. The Morgan fingerprint density at radius 3 is 2.59 bits per heavy atom. The van der Waals surface area contributed by atoms with Crippen molar-refractivity contribution >= 4 is 23.3 Å². The second-order valence-corrected chi connectivity index (χ2v) is 3.94. The molecule has 2 heterocycles. The SMILES string of the molecule is Cc1ccc(C(=O)Nc2ccc(Cl)cn2)cn1. The molecule has 1 N–H and O–H groups in total. The Morgan fingerprint density at radius 2 is 2.00 bits per heavy atom. The molecular weight excluding hydrogens is 238 g/mol. The number of amides is 1. The molecule has 17 heavy (non-hydrogen) atoms. The van der Waals surface area contributed by atoms with Crippen LogP contribution in [0.2, 0.25) is 5.02 Å². The lowest BCUT2D eigenvalue weighted by Crippen LogP contribution is -2.13. The lowest BCUT2D eigenvalue weighted by molar-refractivity contribution is 0.102. The van der Waals surface area contributed by atoms with E-state index in [0.717, 1.165) is 5.69 Å². The lowest BCUT2D eigenvalue weighted by atomic mass is 10.2. The first kappa shape index (κ1) is 11.5. The third-order valence-corrected chi connectivity index (χ3v) is 2.37. The molecule has 0 radical (unpaired) electrons. The number of aromatic nitrogens is 2. The first-order valence-corrected chi connectivity index (χ1v) is 5.38. The second-order valence-electron chi connectivity index (χ2n) is 3.50. The Morgan fingerprint density at radius 1 is 1.18 bits per heavy atom. The summed E-state index contributed by atoms with van der Waals surface area (Å²) in [6.07, 6.45) is 3.01. The van der Waals surface area contributed by atoms with Crippen LogP contribution in [0.15, 0.2) is 36.7 Å². The number of pyridine rings is 2. The van der Waals surface area contributed by atoms with Crippen molar-refractivity contribution in [3.05, 3.63) is 52.9 Å². The van der Waals surface area contributed by atoms with Gasteiger partial charge in [-0.15, -0.1) is 0 Å². The fourth-order valence-electron chi connectivity index (χ4n) is 1.24. The highest BCUT2D eigenvalue weighted by Crippen LogP contribution is 2.10. The van der Waals surface area contributed by atoms with Crippen LogP contribution in [0, 0.1) is 6.92 Å². The van der Waals surface area contributed by atoms with Crippen LogP contribution in [0.25, 0.3) is 0 Å². The molecular formula is C12H10ClN3O. The summed E-state index contributed by atoms with van der Waals surface area (Å²) < 4.78 is 0. The van der Waals surface area contributed by atoms with Gasteiger partial charge in [-0.2, -0.15) is 0 Å². The van der Waals surface area contributed by atoms with Crippen molar-refractivity contribution in [3.8, 4) is 0 Å². The first-order valence-electron chi connectivity index (χ1n) is 5.01. The minimum atomic E-state index is -0.243. The molecule has 0 saturated heterocycles. The molecule has 0 unspecified atom stereocenters. The summed E-state index contributed by atoms with van der Waals surface area (Å²) in [6.45, 7) is 1.86. The van der Waals surface area contributed by atoms with Crippen molar-refractivity contribution in [1.82, 2.24) is 9.97 Å². The van der Waals surface area contributed by atoms with Gasteiger partial charge in [0.25, 0.3) is 5.91 Å². The molecule has 2 aromatic heterocycles. The van der Waals surface area contributed by atoms with Gasteiger partial charge in [-0.25, -0.2) is 4.98 Å². The van der Waals surface area contributed by atoms with Crippen molar-refractivity contribution in [1.29, 1.82) is 0 Å². The zero-order valence-electron chi connectivity index (χ0n) is 9.14. The summed E-state index contributed by atoms with van der Waals surface area (Å²) in [6, 6.07) is 6.80. The van der Waals surface area contributed by atoms with Gasteiger partial charge < -0.3 is 5.32 Å². The fourth-order valence-corrected chi connectivity index (χ4v) is 1.35. The second kappa shape index (κ2) is 4.93. The molecule has 5 heteroatoms. The predicted molar refractivity (Wildman–Crippen MR) is 66.2 cm³/mol. The van der Waals surface area contributed by atoms with E-state index < -0.39 is 0 Å². The minimum absolute atomic E-state index is 0.243. The summed E-state index contributed by atoms with van der Waals surface area (Å²) in [5, 5.41) is 3.18. The Kier molecular flexibility index (Phi) is 3.35. The van der Waals surface area contributed by atoms with Gasteiger partial charge in [-0.1, -0.05) is 11.6 Å². The van der Waals surface area contributed by atoms with Crippen LogP contribution < -0.4 is 5.32 Å². The van der Waals surface area contributed by atoms with E-state index >= 15 is 0 Å². The van der Waals surface area contributed by atoms with Crippen LogP contribution in [-0.4, -0.2) is 15.9 Å². The van der Waals surface area contributed by atoms with Gasteiger partial charge in [0.05, 0.1) is 10.6 Å². The van der Waals surface area contributed by atoms with Crippen molar-refractivity contribution in [2.24, 2.45) is 0 Å². The first-order chi connectivity index (χ1) is 8.15. The van der Waals surface area contributed by atoms with Crippen LogP contribution in [0.1, 0.15) is 16.1 Å². The zero-order chi connectivity index (χ0) is 12.3. The Hall–Kier alpha value is -1.94. The number of halogens is 1. The molecule has 0 fully saturated rings. The number of nitrogens with zero attached hydrogens (tertiary/aromatic N) is 2. The molecule has 0 aromatic carbocycles. The van der Waals surface area contributed by atoms with Crippen molar-refractivity contribution < 1.29 is 4.79 Å². The smallest absolute Gasteiger partial charge is 0.258 e. The van der Waals surface area contributed by atoms with Crippen LogP contribution in [0.5, 0.6) is 0 Å². The van der Waals surface area contributed by atoms with E-state index in [1.54, 1.807) is 24.3 Å². The summed E-state index contributed by atoms with van der Waals surface area (Å²) >= 11 is 5.70. The third-order valence-electron chi connectivity index (χ3n) is 2.14. The van der Waals surface area contributed by atoms with Crippen LogP contribution in [0.4, 0.5) is 5.82 Å². The largest absolute Gasteiger partial charge is 0.307 e. The average Bonchev–Trinajstić information content (AvgIpc) is 2.33. The van der Waals surface area contributed by atoms with Crippen molar-refractivity contribution in [3.63, 3.8) is 0 Å². The highest BCUT2D eigenvalue weighted by molar-refractivity contribution is 6.30. The normalized spacial score (nSPS) is 10.0. The number of rotatable bonds is 2. The number of aryl methyl sites for hydroxylation is 1. The van der Waals surface area contributed by atoms with Gasteiger partial charge in [0.1, 0.15) is 5.82 Å². The van der Waals surface area contributed by atoms with Crippen LogP contribution >= 0.6 is 11.6 Å². The van der Waals surface area contributed by atoms with Gasteiger partial charge in [-0.3, -0.25) is 9.78 Å². The molecule has 0 aliphatic rings. The van der Waals surface area contributed by atoms with Crippen molar-refractivity contribution in [2.45, 2.75) is 6.92 Å². The molecule has 86 valence electrons. The number of carbonyl (C=O) groups is 1. The van der Waals surface area contributed by atoms with E-state index in [1.165, 1.54) is 12.4 Å². The van der Waals surface area contributed by atoms with Gasteiger partial charge in [-0.05, 0) is 31.2 Å². The van der Waals surface area contributed by atoms with E-state index in [9.17, 15) is 4.79 Å². The standard InChI is InChI=1S/C12H10ClN3O/c1-8-2-3-9(6-14-8)12(17)16-11-5-4-10(13)7-15-11/h2-7H,1H3,(H,15,16,17). The van der Waals surface area contributed by atoms with Crippen LogP contribution in [0.3, 0.4) is 0 Å². The van der Waals surface area contributed by atoms with E-state index in [0.29, 0.717) is 16.4 Å². The molecule has 0 saturated carbocycles. The molecule has 1 amide bonds. The molecule has 4 nitrogen and oxygen atoms in total. The minimum Gasteiger partial charge on any atom is -0.307 e. The fraction of sp³-hybridized carbons (Fsp3) is 0.0833. The van der Waals surface area contributed by atoms with E-state index in [2.05, 4.69) is 15.3 Å².